The van der Waals surface area contributed by atoms with Crippen molar-refractivity contribution in [3.05, 3.63) is 36.0 Å². The fourth-order valence-corrected chi connectivity index (χ4v) is 6.60. The predicted octanol–water partition coefficient (Wildman–Crippen LogP) is 4.43. The molecule has 4 fully saturated rings. The van der Waals surface area contributed by atoms with E-state index in [1.165, 1.54) is 43.9 Å². The number of benzene rings is 1. The SMILES string of the molecule is CC(NC(=O)Cc1c[nH]c2ccccc12)C12CC3CC(CC(C3)C1)C2. The number of aromatic amines is 1. The predicted molar refractivity (Wildman–Crippen MR) is 100 cm³/mol. The average Bonchev–Trinajstić information content (AvgIpc) is 2.96. The molecule has 2 N–H and O–H groups in total. The first-order valence-electron chi connectivity index (χ1n) is 9.96. The van der Waals surface area contributed by atoms with Gasteiger partial charge in [-0.05, 0) is 80.2 Å². The van der Waals surface area contributed by atoms with Crippen molar-refractivity contribution >= 4 is 16.8 Å². The molecule has 1 aromatic carbocycles. The summed E-state index contributed by atoms with van der Waals surface area (Å²) in [6, 6.07) is 8.53. The number of aromatic nitrogens is 1. The van der Waals surface area contributed by atoms with E-state index in [4.69, 9.17) is 0 Å². The number of fused-ring (bicyclic) bond motifs is 1. The maximum absolute atomic E-state index is 12.7. The molecule has 1 amide bonds. The van der Waals surface area contributed by atoms with Crippen molar-refractivity contribution in [2.45, 2.75) is 57.9 Å². The first kappa shape index (κ1) is 15.5. The summed E-state index contributed by atoms with van der Waals surface area (Å²) in [7, 11) is 0. The molecule has 6 rings (SSSR count). The highest BCUT2D eigenvalue weighted by molar-refractivity contribution is 5.88. The zero-order chi connectivity index (χ0) is 17.0. The maximum Gasteiger partial charge on any atom is 0.224 e. The summed E-state index contributed by atoms with van der Waals surface area (Å²) < 4.78 is 0. The van der Waals surface area contributed by atoms with Gasteiger partial charge < -0.3 is 10.3 Å². The molecular weight excluding hydrogens is 308 g/mol. The monoisotopic (exact) mass is 336 g/mol. The van der Waals surface area contributed by atoms with Crippen molar-refractivity contribution in [3.8, 4) is 0 Å². The number of carbonyl (C=O) groups is 1. The zero-order valence-corrected chi connectivity index (χ0v) is 15.1. The van der Waals surface area contributed by atoms with Gasteiger partial charge in [-0.3, -0.25) is 4.79 Å². The van der Waals surface area contributed by atoms with Crippen LogP contribution in [0.5, 0.6) is 0 Å². The number of para-hydroxylation sites is 1. The first-order valence-corrected chi connectivity index (χ1v) is 9.96. The third kappa shape index (κ3) is 2.59. The van der Waals surface area contributed by atoms with Crippen LogP contribution in [0.25, 0.3) is 10.9 Å². The molecule has 0 spiro atoms. The Balaban J connectivity index is 1.29. The summed E-state index contributed by atoms with van der Waals surface area (Å²) in [6.45, 7) is 2.26. The minimum atomic E-state index is 0.174. The molecule has 132 valence electrons. The lowest BCUT2D eigenvalue weighted by atomic mass is 9.48. The van der Waals surface area contributed by atoms with Crippen molar-refractivity contribution in [3.63, 3.8) is 0 Å². The molecule has 2 aromatic rings. The Morgan fingerprint density at radius 2 is 1.80 bits per heavy atom. The molecule has 1 atom stereocenters. The maximum atomic E-state index is 12.7. The Morgan fingerprint density at radius 3 is 2.48 bits per heavy atom. The highest BCUT2D eigenvalue weighted by Gasteiger charge is 2.53. The Bertz CT molecular complexity index is 770. The second-order valence-electron chi connectivity index (χ2n) is 9.11. The van der Waals surface area contributed by atoms with Crippen LogP contribution < -0.4 is 5.32 Å². The van der Waals surface area contributed by atoms with Crippen molar-refractivity contribution in [1.29, 1.82) is 0 Å². The van der Waals surface area contributed by atoms with Crippen LogP contribution >= 0.6 is 0 Å². The summed E-state index contributed by atoms with van der Waals surface area (Å²) in [6.07, 6.45) is 10.8. The molecule has 0 saturated heterocycles. The van der Waals surface area contributed by atoms with Gasteiger partial charge >= 0.3 is 0 Å². The van der Waals surface area contributed by atoms with Gasteiger partial charge in [0.25, 0.3) is 0 Å². The van der Waals surface area contributed by atoms with Crippen LogP contribution in [-0.4, -0.2) is 16.9 Å². The van der Waals surface area contributed by atoms with Gasteiger partial charge in [0, 0.05) is 23.1 Å². The van der Waals surface area contributed by atoms with E-state index in [1.807, 2.05) is 18.3 Å². The summed E-state index contributed by atoms with van der Waals surface area (Å²) >= 11 is 0. The van der Waals surface area contributed by atoms with Crippen LogP contribution in [0.3, 0.4) is 0 Å². The van der Waals surface area contributed by atoms with E-state index in [-0.39, 0.29) is 5.91 Å². The average molecular weight is 336 g/mol. The Kier molecular flexibility index (Phi) is 3.48. The molecule has 3 heteroatoms. The molecule has 0 aliphatic heterocycles. The molecule has 1 heterocycles. The normalized spacial score (nSPS) is 34.4. The topological polar surface area (TPSA) is 44.9 Å². The third-order valence-electron chi connectivity index (χ3n) is 7.41. The standard InChI is InChI=1S/C22H28N2O/c1-14(22-10-15-6-16(11-22)8-17(7-15)12-22)24-21(25)9-18-13-23-20-5-3-2-4-19(18)20/h2-5,13-17,23H,6-12H2,1H3,(H,24,25). The second kappa shape index (κ2) is 5.62. The number of hydrogen-bond donors (Lipinski definition) is 2. The van der Waals surface area contributed by atoms with E-state index in [1.54, 1.807) is 0 Å². The lowest BCUT2D eigenvalue weighted by Crippen LogP contribution is -2.56. The fourth-order valence-electron chi connectivity index (χ4n) is 6.60. The number of amides is 1. The van der Waals surface area contributed by atoms with E-state index in [9.17, 15) is 4.79 Å². The van der Waals surface area contributed by atoms with Gasteiger partial charge in [-0.15, -0.1) is 0 Å². The quantitative estimate of drug-likeness (QED) is 0.852. The van der Waals surface area contributed by atoms with Crippen LogP contribution in [0.15, 0.2) is 30.5 Å². The summed E-state index contributed by atoms with van der Waals surface area (Å²) in [5, 5.41) is 4.55. The molecule has 1 aromatic heterocycles. The molecule has 4 aliphatic rings. The summed E-state index contributed by atoms with van der Waals surface area (Å²) in [5.41, 5.74) is 2.59. The lowest BCUT2D eigenvalue weighted by molar-refractivity contribution is -0.125. The minimum Gasteiger partial charge on any atom is -0.361 e. The molecule has 25 heavy (non-hydrogen) atoms. The second-order valence-corrected chi connectivity index (χ2v) is 9.11. The number of hydrogen-bond acceptors (Lipinski definition) is 1. The molecule has 4 saturated carbocycles. The van der Waals surface area contributed by atoms with Crippen LogP contribution in [0.4, 0.5) is 0 Å². The summed E-state index contributed by atoms with van der Waals surface area (Å²) in [5.74, 6) is 2.96. The zero-order valence-electron chi connectivity index (χ0n) is 15.1. The van der Waals surface area contributed by atoms with E-state index < -0.39 is 0 Å². The Hall–Kier alpha value is -1.77. The van der Waals surface area contributed by atoms with Crippen LogP contribution in [-0.2, 0) is 11.2 Å². The van der Waals surface area contributed by atoms with Crippen LogP contribution in [0, 0.1) is 23.2 Å². The van der Waals surface area contributed by atoms with E-state index in [0.717, 1.165) is 28.8 Å². The van der Waals surface area contributed by atoms with Crippen LogP contribution in [0.1, 0.15) is 51.0 Å². The van der Waals surface area contributed by atoms with Gasteiger partial charge in [-0.2, -0.15) is 0 Å². The summed E-state index contributed by atoms with van der Waals surface area (Å²) in [4.78, 5) is 16.0. The molecule has 3 nitrogen and oxygen atoms in total. The molecule has 0 radical (unpaired) electrons. The van der Waals surface area contributed by atoms with Gasteiger partial charge in [0.1, 0.15) is 0 Å². The highest BCUT2D eigenvalue weighted by atomic mass is 16.1. The van der Waals surface area contributed by atoms with E-state index in [0.29, 0.717) is 17.9 Å². The first-order chi connectivity index (χ1) is 12.1. The molecular formula is C22H28N2O. The van der Waals surface area contributed by atoms with Gasteiger partial charge in [-0.1, -0.05) is 18.2 Å². The molecule has 1 unspecified atom stereocenters. The molecule has 4 bridgehead atoms. The lowest BCUT2D eigenvalue weighted by Gasteiger charge is -2.59. The van der Waals surface area contributed by atoms with E-state index >= 15 is 0 Å². The smallest absolute Gasteiger partial charge is 0.224 e. The fraction of sp³-hybridized carbons (Fsp3) is 0.591. The number of H-pyrrole nitrogens is 1. The van der Waals surface area contributed by atoms with Crippen molar-refractivity contribution in [1.82, 2.24) is 10.3 Å². The number of carbonyl (C=O) groups excluding carboxylic acids is 1. The van der Waals surface area contributed by atoms with Crippen LogP contribution in [0.2, 0.25) is 0 Å². The van der Waals surface area contributed by atoms with Crippen molar-refractivity contribution in [2.24, 2.45) is 23.2 Å². The van der Waals surface area contributed by atoms with E-state index in [2.05, 4.69) is 29.4 Å². The van der Waals surface area contributed by atoms with Gasteiger partial charge in [0.05, 0.1) is 6.42 Å². The highest BCUT2D eigenvalue weighted by Crippen LogP contribution is 2.61. The van der Waals surface area contributed by atoms with Crippen molar-refractivity contribution < 1.29 is 4.79 Å². The number of nitrogens with one attached hydrogen (secondary N) is 2. The number of rotatable bonds is 4. The van der Waals surface area contributed by atoms with Gasteiger partial charge in [-0.25, -0.2) is 0 Å². The minimum absolute atomic E-state index is 0.174. The largest absolute Gasteiger partial charge is 0.361 e. The van der Waals surface area contributed by atoms with Gasteiger partial charge in [0.2, 0.25) is 5.91 Å². The Labute approximate surface area is 149 Å². The molecule has 4 aliphatic carbocycles. The Morgan fingerprint density at radius 1 is 1.16 bits per heavy atom. The van der Waals surface area contributed by atoms with Gasteiger partial charge in [0.15, 0.2) is 0 Å². The van der Waals surface area contributed by atoms with Crippen molar-refractivity contribution in [2.75, 3.05) is 0 Å². The third-order valence-corrected chi connectivity index (χ3v) is 7.41.